The number of hydrogen-bond donors (Lipinski definition) is 2. The standard InChI is InChI=1S/C14H28N2O3/c1-6-7-8-12(13(17)18)15-14(19)16(5)11(4)9-10(2)3/h10-12H,6-9H2,1-5H3,(H,15,19)(H,17,18). The van der Waals surface area contributed by atoms with Crippen molar-refractivity contribution in [3.8, 4) is 0 Å². The number of hydrogen-bond acceptors (Lipinski definition) is 2. The van der Waals surface area contributed by atoms with Crippen LogP contribution in [-0.4, -0.2) is 41.1 Å². The molecule has 0 radical (unpaired) electrons. The highest BCUT2D eigenvalue weighted by molar-refractivity contribution is 5.82. The highest BCUT2D eigenvalue weighted by Crippen LogP contribution is 2.10. The normalized spacial score (nSPS) is 14.0. The molecule has 0 spiro atoms. The highest BCUT2D eigenvalue weighted by Gasteiger charge is 2.23. The Morgan fingerprint density at radius 1 is 1.26 bits per heavy atom. The van der Waals surface area contributed by atoms with Crippen LogP contribution in [0.4, 0.5) is 4.79 Å². The third-order valence-electron chi connectivity index (χ3n) is 3.24. The monoisotopic (exact) mass is 272 g/mol. The quantitative estimate of drug-likeness (QED) is 0.713. The van der Waals surface area contributed by atoms with Crippen LogP contribution in [-0.2, 0) is 4.79 Å². The molecule has 2 atom stereocenters. The second kappa shape index (κ2) is 8.77. The largest absolute Gasteiger partial charge is 0.480 e. The van der Waals surface area contributed by atoms with Crippen molar-refractivity contribution in [2.45, 2.75) is 65.5 Å². The zero-order valence-corrected chi connectivity index (χ0v) is 12.8. The van der Waals surface area contributed by atoms with Gasteiger partial charge in [0.05, 0.1) is 0 Å². The van der Waals surface area contributed by atoms with Gasteiger partial charge in [0.2, 0.25) is 0 Å². The Bertz CT molecular complexity index is 292. The number of amides is 2. The first kappa shape index (κ1) is 17.7. The Morgan fingerprint density at radius 3 is 2.26 bits per heavy atom. The first-order chi connectivity index (χ1) is 8.79. The van der Waals surface area contributed by atoms with Gasteiger partial charge in [0.15, 0.2) is 0 Å². The lowest BCUT2D eigenvalue weighted by Crippen LogP contribution is -2.49. The van der Waals surface area contributed by atoms with Crippen LogP contribution in [0.5, 0.6) is 0 Å². The van der Waals surface area contributed by atoms with Gasteiger partial charge < -0.3 is 15.3 Å². The molecule has 0 rings (SSSR count). The SMILES string of the molecule is CCCCC(NC(=O)N(C)C(C)CC(C)C)C(=O)O. The van der Waals surface area contributed by atoms with Gasteiger partial charge in [-0.3, -0.25) is 0 Å². The summed E-state index contributed by atoms with van der Waals surface area (Å²) >= 11 is 0. The summed E-state index contributed by atoms with van der Waals surface area (Å²) < 4.78 is 0. The number of urea groups is 1. The maximum absolute atomic E-state index is 12.0. The van der Waals surface area contributed by atoms with Gasteiger partial charge in [0.1, 0.15) is 6.04 Å². The van der Waals surface area contributed by atoms with E-state index in [1.807, 2.05) is 13.8 Å². The predicted octanol–water partition coefficient (Wildman–Crippen LogP) is 2.71. The molecule has 112 valence electrons. The molecule has 5 heteroatoms. The summed E-state index contributed by atoms with van der Waals surface area (Å²) in [5, 5.41) is 11.7. The molecule has 0 aromatic rings. The second-order valence-electron chi connectivity index (χ2n) is 5.57. The Kier molecular flexibility index (Phi) is 8.19. The number of carbonyl (C=O) groups is 2. The van der Waals surface area contributed by atoms with Crippen LogP contribution in [0.1, 0.15) is 53.4 Å². The van der Waals surface area contributed by atoms with E-state index >= 15 is 0 Å². The van der Waals surface area contributed by atoms with Gasteiger partial charge in [-0.25, -0.2) is 9.59 Å². The van der Waals surface area contributed by atoms with E-state index < -0.39 is 12.0 Å². The van der Waals surface area contributed by atoms with E-state index in [0.717, 1.165) is 19.3 Å². The smallest absolute Gasteiger partial charge is 0.326 e. The first-order valence-corrected chi connectivity index (χ1v) is 7.05. The van der Waals surface area contributed by atoms with Crippen molar-refractivity contribution in [2.24, 2.45) is 5.92 Å². The fourth-order valence-electron chi connectivity index (χ4n) is 1.96. The number of rotatable bonds is 8. The van der Waals surface area contributed by atoms with E-state index in [9.17, 15) is 9.59 Å². The van der Waals surface area contributed by atoms with Crippen molar-refractivity contribution in [2.75, 3.05) is 7.05 Å². The zero-order valence-electron chi connectivity index (χ0n) is 12.8. The summed E-state index contributed by atoms with van der Waals surface area (Å²) in [5.41, 5.74) is 0. The molecule has 19 heavy (non-hydrogen) atoms. The van der Waals surface area contributed by atoms with Crippen LogP contribution >= 0.6 is 0 Å². The number of carboxylic acid groups (broad SMARTS) is 1. The van der Waals surface area contributed by atoms with Gasteiger partial charge in [-0.1, -0.05) is 33.6 Å². The van der Waals surface area contributed by atoms with E-state index in [1.165, 1.54) is 0 Å². The first-order valence-electron chi connectivity index (χ1n) is 7.05. The average Bonchev–Trinajstić information content (AvgIpc) is 2.31. The molecule has 0 saturated carbocycles. The minimum absolute atomic E-state index is 0.0978. The summed E-state index contributed by atoms with van der Waals surface area (Å²) in [4.78, 5) is 24.7. The molecule has 0 heterocycles. The van der Waals surface area contributed by atoms with E-state index in [1.54, 1.807) is 11.9 Å². The molecule has 2 N–H and O–H groups in total. The fraction of sp³-hybridized carbons (Fsp3) is 0.857. The van der Waals surface area contributed by atoms with E-state index in [4.69, 9.17) is 5.11 Å². The van der Waals surface area contributed by atoms with Crippen LogP contribution in [0.2, 0.25) is 0 Å². The second-order valence-corrected chi connectivity index (χ2v) is 5.57. The van der Waals surface area contributed by atoms with Crippen LogP contribution in [0.15, 0.2) is 0 Å². The predicted molar refractivity (Wildman–Crippen MR) is 76.2 cm³/mol. The third-order valence-corrected chi connectivity index (χ3v) is 3.24. The van der Waals surface area contributed by atoms with Crippen LogP contribution in [0.25, 0.3) is 0 Å². The highest BCUT2D eigenvalue weighted by atomic mass is 16.4. The van der Waals surface area contributed by atoms with Crippen molar-refractivity contribution >= 4 is 12.0 Å². The van der Waals surface area contributed by atoms with E-state index in [-0.39, 0.29) is 12.1 Å². The average molecular weight is 272 g/mol. The maximum Gasteiger partial charge on any atom is 0.326 e. The molecule has 0 bridgehead atoms. The Balaban J connectivity index is 4.41. The van der Waals surface area contributed by atoms with E-state index in [2.05, 4.69) is 19.2 Å². The van der Waals surface area contributed by atoms with Crippen molar-refractivity contribution in [3.63, 3.8) is 0 Å². The number of carboxylic acids is 1. The summed E-state index contributed by atoms with van der Waals surface area (Å²) in [6.07, 6.45) is 3.09. The topological polar surface area (TPSA) is 69.6 Å². The molecule has 5 nitrogen and oxygen atoms in total. The molecule has 0 fully saturated rings. The van der Waals surface area contributed by atoms with Crippen LogP contribution in [0, 0.1) is 5.92 Å². The van der Waals surface area contributed by atoms with Crippen molar-refractivity contribution in [3.05, 3.63) is 0 Å². The molecule has 0 aromatic carbocycles. The molecule has 0 aliphatic heterocycles. The molecule has 0 aliphatic rings. The number of unbranched alkanes of at least 4 members (excludes halogenated alkanes) is 1. The lowest BCUT2D eigenvalue weighted by Gasteiger charge is -2.28. The van der Waals surface area contributed by atoms with Crippen molar-refractivity contribution < 1.29 is 14.7 Å². The number of nitrogens with one attached hydrogen (secondary N) is 1. The number of carbonyl (C=O) groups excluding carboxylic acids is 1. The summed E-state index contributed by atoms with van der Waals surface area (Å²) in [6.45, 7) is 8.17. The summed E-state index contributed by atoms with van der Waals surface area (Å²) in [7, 11) is 1.71. The Morgan fingerprint density at radius 2 is 1.84 bits per heavy atom. The zero-order chi connectivity index (χ0) is 15.0. The number of aliphatic carboxylic acids is 1. The summed E-state index contributed by atoms with van der Waals surface area (Å²) in [6, 6.07) is -1.00. The fourth-order valence-corrected chi connectivity index (χ4v) is 1.96. The molecule has 2 unspecified atom stereocenters. The molecule has 0 aromatic heterocycles. The minimum atomic E-state index is -0.966. The van der Waals surface area contributed by atoms with Gasteiger partial charge >= 0.3 is 12.0 Å². The maximum atomic E-state index is 12.0. The van der Waals surface area contributed by atoms with Gasteiger partial charge in [-0.2, -0.15) is 0 Å². The van der Waals surface area contributed by atoms with Crippen LogP contribution in [0.3, 0.4) is 0 Å². The third kappa shape index (κ3) is 7.03. The van der Waals surface area contributed by atoms with Crippen molar-refractivity contribution in [1.29, 1.82) is 0 Å². The van der Waals surface area contributed by atoms with Gasteiger partial charge in [-0.05, 0) is 25.7 Å². The van der Waals surface area contributed by atoms with Crippen LogP contribution < -0.4 is 5.32 Å². The van der Waals surface area contributed by atoms with Gasteiger partial charge in [-0.15, -0.1) is 0 Å². The van der Waals surface area contributed by atoms with Gasteiger partial charge in [0, 0.05) is 13.1 Å². The Hall–Kier alpha value is -1.26. The number of nitrogens with zero attached hydrogens (tertiary/aromatic N) is 1. The van der Waals surface area contributed by atoms with E-state index in [0.29, 0.717) is 12.3 Å². The van der Waals surface area contributed by atoms with Gasteiger partial charge in [0.25, 0.3) is 0 Å². The molecule has 0 aliphatic carbocycles. The Labute approximate surface area is 116 Å². The molecule has 0 saturated heterocycles. The molecular weight excluding hydrogens is 244 g/mol. The lowest BCUT2D eigenvalue weighted by molar-refractivity contribution is -0.139. The molecule has 2 amide bonds. The summed E-state index contributed by atoms with van der Waals surface area (Å²) in [5.74, 6) is -0.465. The minimum Gasteiger partial charge on any atom is -0.480 e. The molecular formula is C14H28N2O3. The lowest BCUT2D eigenvalue weighted by atomic mass is 10.0. The van der Waals surface area contributed by atoms with Crippen molar-refractivity contribution in [1.82, 2.24) is 10.2 Å².